The van der Waals surface area contributed by atoms with E-state index in [0.29, 0.717) is 5.75 Å². The average Bonchev–Trinajstić information content (AvgIpc) is 2.41. The van der Waals surface area contributed by atoms with Gasteiger partial charge in [0.15, 0.2) is 0 Å². The molecule has 0 aliphatic heterocycles. The number of hydrogen-bond acceptors (Lipinski definition) is 3. The first-order valence-corrected chi connectivity index (χ1v) is 6.12. The molecule has 1 aromatic rings. The van der Waals surface area contributed by atoms with Crippen LogP contribution in [0.3, 0.4) is 0 Å². The van der Waals surface area contributed by atoms with Gasteiger partial charge in [-0.1, -0.05) is 0 Å². The monoisotopic (exact) mass is 249 g/mol. The summed E-state index contributed by atoms with van der Waals surface area (Å²) in [6.07, 6.45) is 4.12. The molecule has 0 saturated heterocycles. The predicted molar refractivity (Wildman–Crippen MR) is 64.8 cm³/mol. The molecule has 1 aromatic carbocycles. The van der Waals surface area contributed by atoms with Gasteiger partial charge >= 0.3 is 0 Å². The molecule has 2 unspecified atom stereocenters. The fourth-order valence-electron chi connectivity index (χ4n) is 2.30. The molecule has 0 spiro atoms. The molecule has 1 aliphatic rings. The lowest BCUT2D eigenvalue weighted by molar-refractivity contribution is 0.0208. The van der Waals surface area contributed by atoms with Crippen molar-refractivity contribution < 1.29 is 13.9 Å². The Morgan fingerprint density at radius 2 is 2.11 bits per heavy atom. The average molecular weight is 249 g/mol. The highest BCUT2D eigenvalue weighted by Crippen LogP contribution is 2.27. The van der Waals surface area contributed by atoms with Gasteiger partial charge in [0.2, 0.25) is 0 Å². The number of nitriles is 1. The van der Waals surface area contributed by atoms with E-state index in [1.54, 1.807) is 7.11 Å². The Hall–Kier alpha value is -1.60. The lowest BCUT2D eigenvalue weighted by Crippen LogP contribution is -2.29. The van der Waals surface area contributed by atoms with Crippen LogP contribution in [0.15, 0.2) is 18.2 Å². The number of rotatable bonds is 3. The Kier molecular flexibility index (Phi) is 4.16. The molecular weight excluding hydrogens is 233 g/mol. The standard InChI is InChI=1S/C14H16FNO2/c1-17-12-3-2-4-13(8-12)18-14-6-5-11(15)7-10(14)9-16/h5-7,12-13H,2-4,8H2,1H3. The third-order valence-corrected chi connectivity index (χ3v) is 3.27. The van der Waals surface area contributed by atoms with Crippen molar-refractivity contribution in [1.82, 2.24) is 0 Å². The summed E-state index contributed by atoms with van der Waals surface area (Å²) in [6.45, 7) is 0. The molecule has 96 valence electrons. The summed E-state index contributed by atoms with van der Waals surface area (Å²) < 4.78 is 24.1. The zero-order valence-corrected chi connectivity index (χ0v) is 10.4. The maximum atomic E-state index is 13.0. The number of halogens is 1. The summed E-state index contributed by atoms with van der Waals surface area (Å²) in [4.78, 5) is 0. The topological polar surface area (TPSA) is 42.2 Å². The zero-order chi connectivity index (χ0) is 13.0. The zero-order valence-electron chi connectivity index (χ0n) is 10.4. The second kappa shape index (κ2) is 5.83. The van der Waals surface area contributed by atoms with Crippen molar-refractivity contribution >= 4 is 0 Å². The molecule has 1 saturated carbocycles. The van der Waals surface area contributed by atoms with Gasteiger partial charge in [0, 0.05) is 13.5 Å². The Morgan fingerprint density at radius 3 is 2.83 bits per heavy atom. The molecule has 2 rings (SSSR count). The predicted octanol–water partition coefficient (Wildman–Crippen LogP) is 3.03. The molecule has 3 nitrogen and oxygen atoms in total. The van der Waals surface area contributed by atoms with Crippen molar-refractivity contribution in [3.05, 3.63) is 29.6 Å². The van der Waals surface area contributed by atoms with E-state index in [4.69, 9.17) is 14.7 Å². The van der Waals surface area contributed by atoms with E-state index in [-0.39, 0.29) is 17.8 Å². The second-order valence-electron chi connectivity index (χ2n) is 4.52. The number of nitrogens with zero attached hydrogens (tertiary/aromatic N) is 1. The van der Waals surface area contributed by atoms with Crippen molar-refractivity contribution in [2.45, 2.75) is 37.9 Å². The molecular formula is C14H16FNO2. The SMILES string of the molecule is COC1CCCC(Oc2ccc(F)cc2C#N)C1. The normalized spacial score (nSPS) is 23.4. The molecule has 1 aliphatic carbocycles. The van der Waals surface area contributed by atoms with Gasteiger partial charge in [-0.15, -0.1) is 0 Å². The molecule has 0 heterocycles. The quantitative estimate of drug-likeness (QED) is 0.826. The van der Waals surface area contributed by atoms with E-state index in [1.165, 1.54) is 18.2 Å². The Bertz CT molecular complexity index is 456. The van der Waals surface area contributed by atoms with Gasteiger partial charge in [-0.05, 0) is 37.5 Å². The molecule has 0 N–H and O–H groups in total. The lowest BCUT2D eigenvalue weighted by Gasteiger charge is -2.28. The number of benzene rings is 1. The maximum Gasteiger partial charge on any atom is 0.137 e. The van der Waals surface area contributed by atoms with E-state index in [2.05, 4.69) is 0 Å². The minimum atomic E-state index is -0.419. The first-order chi connectivity index (χ1) is 8.72. The van der Waals surface area contributed by atoms with Crippen LogP contribution in [0.4, 0.5) is 4.39 Å². The fraction of sp³-hybridized carbons (Fsp3) is 0.500. The first-order valence-electron chi connectivity index (χ1n) is 6.12. The van der Waals surface area contributed by atoms with Crippen LogP contribution in [0.2, 0.25) is 0 Å². The smallest absolute Gasteiger partial charge is 0.137 e. The summed E-state index contributed by atoms with van der Waals surface area (Å²) in [5.41, 5.74) is 0.245. The molecule has 2 atom stereocenters. The van der Waals surface area contributed by atoms with Crippen LogP contribution < -0.4 is 4.74 Å². The minimum Gasteiger partial charge on any atom is -0.489 e. The summed E-state index contributed by atoms with van der Waals surface area (Å²) in [7, 11) is 1.70. The number of ether oxygens (including phenoxy) is 2. The van der Waals surface area contributed by atoms with Gasteiger partial charge in [0.25, 0.3) is 0 Å². The molecule has 18 heavy (non-hydrogen) atoms. The fourth-order valence-corrected chi connectivity index (χ4v) is 2.30. The summed E-state index contributed by atoms with van der Waals surface area (Å²) >= 11 is 0. The van der Waals surface area contributed by atoms with E-state index in [1.807, 2.05) is 6.07 Å². The highest BCUT2D eigenvalue weighted by molar-refractivity contribution is 5.43. The van der Waals surface area contributed by atoms with Crippen LogP contribution in [-0.2, 0) is 4.74 Å². The van der Waals surface area contributed by atoms with Gasteiger partial charge in [-0.3, -0.25) is 0 Å². The van der Waals surface area contributed by atoms with Crippen molar-refractivity contribution in [1.29, 1.82) is 5.26 Å². The van der Waals surface area contributed by atoms with Gasteiger partial charge in [0.05, 0.1) is 11.7 Å². The summed E-state index contributed by atoms with van der Waals surface area (Å²) in [5.74, 6) is 0.0398. The van der Waals surface area contributed by atoms with Crippen LogP contribution in [0.1, 0.15) is 31.2 Å². The number of hydrogen-bond donors (Lipinski definition) is 0. The van der Waals surface area contributed by atoms with E-state index < -0.39 is 5.82 Å². The molecule has 0 radical (unpaired) electrons. The largest absolute Gasteiger partial charge is 0.489 e. The Balaban J connectivity index is 2.07. The van der Waals surface area contributed by atoms with Crippen LogP contribution in [0, 0.1) is 17.1 Å². The van der Waals surface area contributed by atoms with E-state index in [9.17, 15) is 4.39 Å². The summed E-state index contributed by atoms with van der Waals surface area (Å²) in [5, 5.41) is 8.95. The molecule has 4 heteroatoms. The second-order valence-corrected chi connectivity index (χ2v) is 4.52. The maximum absolute atomic E-state index is 13.0. The van der Waals surface area contributed by atoms with Crippen molar-refractivity contribution in [3.63, 3.8) is 0 Å². The van der Waals surface area contributed by atoms with Gasteiger partial charge in [-0.2, -0.15) is 5.26 Å². The van der Waals surface area contributed by atoms with E-state index in [0.717, 1.165) is 25.7 Å². The highest BCUT2D eigenvalue weighted by atomic mass is 19.1. The van der Waals surface area contributed by atoms with Crippen LogP contribution in [0.5, 0.6) is 5.75 Å². The third-order valence-electron chi connectivity index (χ3n) is 3.27. The van der Waals surface area contributed by atoms with Gasteiger partial charge in [0.1, 0.15) is 23.7 Å². The van der Waals surface area contributed by atoms with Crippen LogP contribution in [-0.4, -0.2) is 19.3 Å². The van der Waals surface area contributed by atoms with Crippen LogP contribution >= 0.6 is 0 Å². The van der Waals surface area contributed by atoms with Crippen molar-refractivity contribution in [3.8, 4) is 11.8 Å². The van der Waals surface area contributed by atoms with E-state index >= 15 is 0 Å². The number of methoxy groups -OCH3 is 1. The molecule has 1 fully saturated rings. The molecule has 0 amide bonds. The highest BCUT2D eigenvalue weighted by Gasteiger charge is 2.23. The van der Waals surface area contributed by atoms with Crippen molar-refractivity contribution in [2.75, 3.05) is 7.11 Å². The Labute approximate surface area is 106 Å². The summed E-state index contributed by atoms with van der Waals surface area (Å²) in [6, 6.07) is 5.99. The van der Waals surface area contributed by atoms with Crippen LogP contribution in [0.25, 0.3) is 0 Å². The van der Waals surface area contributed by atoms with Gasteiger partial charge in [-0.25, -0.2) is 4.39 Å². The molecule has 0 bridgehead atoms. The Morgan fingerprint density at radius 1 is 1.33 bits per heavy atom. The van der Waals surface area contributed by atoms with Crippen molar-refractivity contribution in [2.24, 2.45) is 0 Å². The lowest BCUT2D eigenvalue weighted by atomic mass is 9.95. The third kappa shape index (κ3) is 2.99. The molecule has 0 aromatic heterocycles. The van der Waals surface area contributed by atoms with Gasteiger partial charge < -0.3 is 9.47 Å². The first kappa shape index (κ1) is 12.8. The minimum absolute atomic E-state index is 0.0428.